The Balaban J connectivity index is 1.50. The van der Waals surface area contributed by atoms with Crippen molar-refractivity contribution in [1.29, 1.82) is 0 Å². The van der Waals surface area contributed by atoms with Crippen molar-refractivity contribution >= 4 is 56.1 Å². The number of hydrogen-bond acceptors (Lipinski definition) is 7. The number of benzene rings is 2. The number of aliphatic hydroxyl groups excluding tert-OH is 1. The molecule has 3 aliphatic heterocycles. The van der Waals surface area contributed by atoms with Crippen molar-refractivity contribution in [1.82, 2.24) is 10.2 Å². The summed E-state index contributed by atoms with van der Waals surface area (Å²) in [5.41, 5.74) is -0.697. The van der Waals surface area contributed by atoms with E-state index in [1.54, 1.807) is 24.0 Å². The Kier molecular flexibility index (Phi) is 11.1. The molecule has 0 aromatic heterocycles. The van der Waals surface area contributed by atoms with Crippen molar-refractivity contribution in [2.24, 2.45) is 17.8 Å². The molecule has 3 saturated heterocycles. The van der Waals surface area contributed by atoms with Gasteiger partial charge in [0.2, 0.25) is 11.8 Å². The van der Waals surface area contributed by atoms with Gasteiger partial charge >= 0.3 is 5.97 Å². The van der Waals surface area contributed by atoms with Crippen LogP contribution in [0.3, 0.4) is 0 Å². The Bertz CT molecular complexity index is 1560. The second-order valence-corrected chi connectivity index (χ2v) is 14.7. The highest BCUT2D eigenvalue weighted by Gasteiger charge is 2.77. The van der Waals surface area contributed by atoms with Gasteiger partial charge in [0.15, 0.2) is 0 Å². The molecule has 3 fully saturated rings. The number of aliphatic hydroxyl groups is 1. The zero-order chi connectivity index (χ0) is 34.7. The first-order valence-electron chi connectivity index (χ1n) is 16.7. The molecule has 10 nitrogen and oxygen atoms in total. The third-order valence-corrected chi connectivity index (χ3v) is 10.5. The van der Waals surface area contributed by atoms with E-state index in [1.807, 2.05) is 56.3 Å². The second-order valence-electron chi connectivity index (χ2n) is 13.5. The average molecular weight is 725 g/mol. The number of amides is 3. The van der Waals surface area contributed by atoms with Gasteiger partial charge in [0.25, 0.3) is 5.91 Å². The van der Waals surface area contributed by atoms with Gasteiger partial charge in [0.05, 0.1) is 37.1 Å². The minimum Gasteiger partial charge on any atom is -0.460 e. The molecule has 2 aromatic carbocycles. The van der Waals surface area contributed by atoms with Crippen LogP contribution in [0.4, 0.5) is 5.69 Å². The highest BCUT2D eigenvalue weighted by atomic mass is 79.9. The summed E-state index contributed by atoms with van der Waals surface area (Å²) >= 11 is 3.71. The van der Waals surface area contributed by atoms with Crippen molar-refractivity contribution in [2.45, 2.75) is 81.2 Å². The van der Waals surface area contributed by atoms with Gasteiger partial charge in [0, 0.05) is 23.5 Å². The largest absolute Gasteiger partial charge is 0.460 e. The lowest BCUT2D eigenvalue weighted by Crippen LogP contribution is -2.59. The predicted octanol–water partition coefficient (Wildman–Crippen LogP) is 4.53. The molecule has 0 saturated carbocycles. The third kappa shape index (κ3) is 6.69. The van der Waals surface area contributed by atoms with Gasteiger partial charge in [-0.2, -0.15) is 0 Å². The zero-order valence-corrected chi connectivity index (χ0v) is 29.4. The van der Waals surface area contributed by atoms with Crippen LogP contribution in [0.2, 0.25) is 0 Å². The van der Waals surface area contributed by atoms with E-state index >= 15 is 0 Å². The number of allylic oxidation sites excluding steroid dienone is 1. The van der Waals surface area contributed by atoms with Crippen LogP contribution in [-0.4, -0.2) is 88.1 Å². The van der Waals surface area contributed by atoms with Crippen molar-refractivity contribution in [3.05, 3.63) is 67.8 Å². The molecular formula is C37H46BrN3O7. The van der Waals surface area contributed by atoms with Crippen molar-refractivity contribution in [3.8, 4) is 0 Å². The second kappa shape index (κ2) is 14.9. The molecule has 258 valence electrons. The van der Waals surface area contributed by atoms with Gasteiger partial charge in [-0.3, -0.25) is 19.2 Å². The standard InChI is InChI=1S/C37H46BrN3O7/c1-6-8-13-29(43)39-20-23(5)47-36(46)30-31-34(44)41(27(21-42)17-22(3)4)33(37(31)19-28(38)32(30)48-37)35(45)40(16-7-2)26-15-14-24-11-9-10-12-25(24)18-26/h6-7,9-12,14-15,18,22-23,27-28,30-33,42H,1-2,8,13,16-17,19-21H2,3-5H3,(H,39,43)/t23-,27+,28?,30-,31+,32-,33-,37+/m0/s1. The summed E-state index contributed by atoms with van der Waals surface area (Å²) in [7, 11) is 0. The fourth-order valence-corrected chi connectivity index (χ4v) is 8.61. The number of halogens is 1. The number of esters is 1. The molecule has 0 radical (unpaired) electrons. The number of anilines is 1. The van der Waals surface area contributed by atoms with E-state index in [9.17, 15) is 24.3 Å². The maximum absolute atomic E-state index is 15.0. The highest BCUT2D eigenvalue weighted by molar-refractivity contribution is 9.09. The molecule has 3 heterocycles. The molecule has 1 unspecified atom stereocenters. The monoisotopic (exact) mass is 723 g/mol. The fourth-order valence-electron chi connectivity index (χ4n) is 7.67. The van der Waals surface area contributed by atoms with Crippen LogP contribution in [0, 0.1) is 17.8 Å². The number of nitrogens with one attached hydrogen (secondary N) is 1. The minimum absolute atomic E-state index is 0.109. The lowest BCUT2D eigenvalue weighted by Gasteiger charge is -2.39. The molecule has 5 rings (SSSR count). The number of ether oxygens (including phenoxy) is 2. The molecule has 2 aromatic rings. The van der Waals surface area contributed by atoms with Crippen LogP contribution >= 0.6 is 15.9 Å². The molecule has 11 heteroatoms. The topological polar surface area (TPSA) is 125 Å². The van der Waals surface area contributed by atoms with Crippen molar-refractivity contribution in [2.75, 3.05) is 24.6 Å². The summed E-state index contributed by atoms with van der Waals surface area (Å²) in [6, 6.07) is 11.8. The van der Waals surface area contributed by atoms with Crippen LogP contribution in [0.5, 0.6) is 0 Å². The Morgan fingerprint density at radius 2 is 1.90 bits per heavy atom. The highest BCUT2D eigenvalue weighted by Crippen LogP contribution is 2.61. The molecule has 3 aliphatic rings. The molecule has 48 heavy (non-hydrogen) atoms. The lowest BCUT2D eigenvalue weighted by atomic mass is 9.70. The molecule has 2 bridgehead atoms. The van der Waals surface area contributed by atoms with Crippen LogP contribution in [-0.2, 0) is 28.7 Å². The molecule has 0 aliphatic carbocycles. The van der Waals surface area contributed by atoms with E-state index in [1.165, 1.54) is 4.90 Å². The van der Waals surface area contributed by atoms with Gasteiger partial charge in [-0.05, 0) is 55.0 Å². The van der Waals surface area contributed by atoms with Gasteiger partial charge < -0.3 is 29.7 Å². The van der Waals surface area contributed by atoms with Crippen LogP contribution < -0.4 is 10.2 Å². The molecule has 1 spiro atoms. The molecule has 3 amide bonds. The first-order chi connectivity index (χ1) is 23.0. The Morgan fingerprint density at radius 3 is 2.56 bits per heavy atom. The van der Waals surface area contributed by atoms with Crippen LogP contribution in [0.1, 0.15) is 46.5 Å². The Hall–Kier alpha value is -3.54. The predicted molar refractivity (Wildman–Crippen MR) is 187 cm³/mol. The van der Waals surface area contributed by atoms with E-state index in [0.29, 0.717) is 24.9 Å². The molecule has 2 N–H and O–H groups in total. The summed E-state index contributed by atoms with van der Waals surface area (Å²) in [6.07, 6.45) is 3.51. The summed E-state index contributed by atoms with van der Waals surface area (Å²) in [5, 5.41) is 15.4. The number of hydrogen-bond donors (Lipinski definition) is 2. The smallest absolute Gasteiger partial charge is 0.312 e. The first-order valence-corrected chi connectivity index (χ1v) is 17.6. The third-order valence-electron chi connectivity index (χ3n) is 9.68. The average Bonchev–Trinajstić information content (AvgIpc) is 3.66. The Morgan fingerprint density at radius 1 is 1.17 bits per heavy atom. The first kappa shape index (κ1) is 35.8. The number of nitrogens with zero attached hydrogens (tertiary/aromatic N) is 2. The van der Waals surface area contributed by atoms with Gasteiger partial charge in [0.1, 0.15) is 17.7 Å². The van der Waals surface area contributed by atoms with Gasteiger partial charge in [-0.25, -0.2) is 0 Å². The Labute approximate surface area is 290 Å². The van der Waals surface area contributed by atoms with Crippen LogP contribution in [0.25, 0.3) is 10.8 Å². The van der Waals surface area contributed by atoms with Gasteiger partial charge in [-0.15, -0.1) is 13.2 Å². The summed E-state index contributed by atoms with van der Waals surface area (Å²) in [5.74, 6) is -3.44. The van der Waals surface area contributed by atoms with Crippen molar-refractivity contribution in [3.63, 3.8) is 0 Å². The van der Waals surface area contributed by atoms with E-state index in [0.717, 1.165) is 10.8 Å². The number of likely N-dealkylation sites (tertiary alicyclic amines) is 1. The summed E-state index contributed by atoms with van der Waals surface area (Å²) in [6.45, 7) is 13.1. The van der Waals surface area contributed by atoms with E-state index in [2.05, 4.69) is 34.4 Å². The normalized spacial score (nSPS) is 27.1. The van der Waals surface area contributed by atoms with Crippen molar-refractivity contribution < 1.29 is 33.8 Å². The number of carbonyl (C=O) groups excluding carboxylic acids is 4. The maximum atomic E-state index is 15.0. The zero-order valence-electron chi connectivity index (χ0n) is 27.8. The maximum Gasteiger partial charge on any atom is 0.312 e. The van der Waals surface area contributed by atoms with Crippen LogP contribution in [0.15, 0.2) is 67.8 Å². The number of carbonyl (C=O) groups is 4. The SMILES string of the molecule is C=CCCC(=O)NC[C@H](C)OC(=O)[C@@H]1[C@H]2O[C@@]3(CC2Br)[C@H](C(=O)N(CC=C)c2ccc4ccccc4c2)N([C@@H](CO)CC(C)C)C(=O)[C@@H]13. The fraction of sp³-hybridized carbons (Fsp3) is 0.514. The summed E-state index contributed by atoms with van der Waals surface area (Å²) < 4.78 is 12.5. The van der Waals surface area contributed by atoms with E-state index in [4.69, 9.17) is 9.47 Å². The lowest BCUT2D eigenvalue weighted by molar-refractivity contribution is -0.159. The minimum atomic E-state index is -1.33. The molecule has 8 atom stereocenters. The summed E-state index contributed by atoms with van der Waals surface area (Å²) in [4.78, 5) is 58.4. The number of fused-ring (bicyclic) bond motifs is 2. The molecular weight excluding hydrogens is 678 g/mol. The van der Waals surface area contributed by atoms with E-state index < -0.39 is 53.6 Å². The number of alkyl halides is 1. The van der Waals surface area contributed by atoms with Gasteiger partial charge in [-0.1, -0.05) is 72.3 Å². The quantitative estimate of drug-likeness (QED) is 0.157. The van der Waals surface area contributed by atoms with E-state index in [-0.39, 0.29) is 48.7 Å². The number of rotatable bonds is 15.